The number of sulfonamides is 1. The number of carbonyl (C=O) groups is 1. The first-order valence-electron chi connectivity index (χ1n) is 7.03. The molecule has 2 aromatic rings. The molecule has 3 rings (SSSR count). The minimum Gasteiger partial charge on any atom is -0.545 e. The number of anilines is 1. The van der Waals surface area contributed by atoms with Crippen molar-refractivity contribution in [3.05, 3.63) is 58.6 Å². The lowest BCUT2D eigenvalue weighted by Crippen LogP contribution is -2.35. The first kappa shape index (κ1) is 15.8. The van der Waals surface area contributed by atoms with Gasteiger partial charge in [-0.2, -0.15) is 0 Å². The Morgan fingerprint density at radius 2 is 1.91 bits per heavy atom. The molecule has 0 saturated carbocycles. The second-order valence-electron chi connectivity index (χ2n) is 5.24. The second-order valence-corrected chi connectivity index (χ2v) is 7.48. The van der Waals surface area contributed by atoms with Crippen molar-refractivity contribution in [1.29, 1.82) is 0 Å². The van der Waals surface area contributed by atoms with Gasteiger partial charge in [0, 0.05) is 6.54 Å². The van der Waals surface area contributed by atoms with Gasteiger partial charge in [-0.25, -0.2) is 8.42 Å². The van der Waals surface area contributed by atoms with E-state index in [4.69, 9.17) is 11.6 Å². The zero-order chi connectivity index (χ0) is 16.6. The number of halogens is 1. The fourth-order valence-corrected chi connectivity index (χ4v) is 4.74. The van der Waals surface area contributed by atoms with Crippen molar-refractivity contribution in [1.82, 2.24) is 0 Å². The van der Waals surface area contributed by atoms with Crippen molar-refractivity contribution >= 4 is 33.3 Å². The number of hydrogen-bond donors (Lipinski definition) is 0. The van der Waals surface area contributed by atoms with Crippen LogP contribution in [0.15, 0.2) is 47.4 Å². The molecule has 0 bridgehead atoms. The number of benzene rings is 2. The molecule has 0 spiro atoms. The van der Waals surface area contributed by atoms with E-state index in [1.165, 1.54) is 16.4 Å². The van der Waals surface area contributed by atoms with E-state index in [1.807, 2.05) is 12.1 Å². The number of aromatic carboxylic acids is 1. The molecule has 5 nitrogen and oxygen atoms in total. The number of carboxylic acids is 1. The lowest BCUT2D eigenvalue weighted by Gasteiger charge is -2.30. The van der Waals surface area contributed by atoms with E-state index >= 15 is 0 Å². The minimum absolute atomic E-state index is 0.0157. The predicted octanol–water partition coefficient (Wildman–Crippen LogP) is 1.84. The lowest BCUT2D eigenvalue weighted by molar-refractivity contribution is -0.255. The number of carboxylic acid groups (broad SMARTS) is 1. The highest BCUT2D eigenvalue weighted by Crippen LogP contribution is 2.34. The Morgan fingerprint density at radius 1 is 1.17 bits per heavy atom. The van der Waals surface area contributed by atoms with Gasteiger partial charge in [-0.3, -0.25) is 4.31 Å². The summed E-state index contributed by atoms with van der Waals surface area (Å²) in [6.07, 6.45) is 1.49. The molecule has 0 radical (unpaired) electrons. The Hall–Kier alpha value is -2.05. The molecule has 0 aliphatic carbocycles. The van der Waals surface area contributed by atoms with Crippen LogP contribution in [0.1, 0.15) is 22.3 Å². The van der Waals surface area contributed by atoms with Crippen LogP contribution in [0.3, 0.4) is 0 Å². The fraction of sp³-hybridized carbons (Fsp3) is 0.188. The highest BCUT2D eigenvalue weighted by atomic mass is 35.5. The van der Waals surface area contributed by atoms with Gasteiger partial charge in [0.15, 0.2) is 0 Å². The van der Waals surface area contributed by atoms with Crippen LogP contribution >= 0.6 is 11.6 Å². The molecule has 0 N–H and O–H groups in total. The molecule has 0 saturated heterocycles. The average Bonchev–Trinajstić information content (AvgIpc) is 2.54. The highest BCUT2D eigenvalue weighted by molar-refractivity contribution is 7.93. The molecule has 23 heavy (non-hydrogen) atoms. The third kappa shape index (κ3) is 2.80. The van der Waals surface area contributed by atoms with Gasteiger partial charge < -0.3 is 9.90 Å². The standard InChI is InChI=1S/C16H14ClNO4S/c17-13-8-7-12(16(19)20)10-15(13)23(21,22)18-9-3-5-11-4-1-2-6-14(11)18/h1-2,4,6-8,10H,3,5,9H2,(H,19,20)/p-1. The van der Waals surface area contributed by atoms with Crippen molar-refractivity contribution in [2.45, 2.75) is 17.7 Å². The van der Waals surface area contributed by atoms with Crippen molar-refractivity contribution in [2.75, 3.05) is 10.8 Å². The third-order valence-corrected chi connectivity index (χ3v) is 6.10. The summed E-state index contributed by atoms with van der Waals surface area (Å²) >= 11 is 6.01. The molecule has 0 amide bonds. The normalized spacial score (nSPS) is 14.4. The molecular weight excluding hydrogens is 338 g/mol. The maximum absolute atomic E-state index is 13.0. The molecule has 0 fully saturated rings. The maximum atomic E-state index is 13.0. The SMILES string of the molecule is O=C([O-])c1ccc(Cl)c(S(=O)(=O)N2CCCc3ccccc32)c1. The zero-order valence-electron chi connectivity index (χ0n) is 12.0. The summed E-state index contributed by atoms with van der Waals surface area (Å²) in [5, 5.41) is 11.0. The molecule has 0 aromatic heterocycles. The monoisotopic (exact) mass is 350 g/mol. The van der Waals surface area contributed by atoms with Gasteiger partial charge in [0.1, 0.15) is 4.90 Å². The van der Waals surface area contributed by atoms with Gasteiger partial charge in [-0.1, -0.05) is 35.9 Å². The number of hydrogen-bond acceptors (Lipinski definition) is 4. The Kier molecular flexibility index (Phi) is 4.04. The van der Waals surface area contributed by atoms with Crippen LogP contribution in [0.5, 0.6) is 0 Å². The molecule has 1 aliphatic rings. The molecule has 1 heterocycles. The number of nitrogens with zero attached hydrogens (tertiary/aromatic N) is 1. The van der Waals surface area contributed by atoms with Crippen LogP contribution in [0.4, 0.5) is 5.69 Å². The van der Waals surface area contributed by atoms with Crippen LogP contribution in [-0.4, -0.2) is 20.9 Å². The fourth-order valence-electron chi connectivity index (χ4n) is 2.70. The van der Waals surface area contributed by atoms with E-state index in [1.54, 1.807) is 12.1 Å². The summed E-state index contributed by atoms with van der Waals surface area (Å²) in [7, 11) is -3.95. The van der Waals surface area contributed by atoms with Crippen LogP contribution in [0.25, 0.3) is 0 Å². The molecule has 0 unspecified atom stereocenters. The summed E-state index contributed by atoms with van der Waals surface area (Å²) in [5.41, 5.74) is 1.32. The smallest absolute Gasteiger partial charge is 0.265 e. The quantitative estimate of drug-likeness (QED) is 0.846. The number of rotatable bonds is 3. The van der Waals surface area contributed by atoms with Crippen LogP contribution in [0, 0.1) is 0 Å². The van der Waals surface area contributed by atoms with Gasteiger partial charge in [-0.15, -0.1) is 0 Å². The Bertz CT molecular complexity index is 879. The van der Waals surface area contributed by atoms with E-state index < -0.39 is 16.0 Å². The molecule has 2 aromatic carbocycles. The summed E-state index contributed by atoms with van der Waals surface area (Å²) in [5.74, 6) is -1.45. The summed E-state index contributed by atoms with van der Waals surface area (Å²) < 4.78 is 27.2. The van der Waals surface area contributed by atoms with Crippen LogP contribution in [0.2, 0.25) is 5.02 Å². The number of fused-ring (bicyclic) bond motifs is 1. The summed E-state index contributed by atoms with van der Waals surface area (Å²) in [4.78, 5) is 10.8. The van der Waals surface area contributed by atoms with Gasteiger partial charge in [-0.05, 0) is 42.2 Å². The summed E-state index contributed by atoms with van der Waals surface area (Å²) in [6.45, 7) is 0.325. The topological polar surface area (TPSA) is 77.5 Å². The lowest BCUT2D eigenvalue weighted by atomic mass is 10.0. The Labute approximate surface area is 139 Å². The van der Waals surface area contributed by atoms with Gasteiger partial charge in [0.05, 0.1) is 16.7 Å². The van der Waals surface area contributed by atoms with E-state index in [0.29, 0.717) is 18.7 Å². The highest BCUT2D eigenvalue weighted by Gasteiger charge is 2.30. The summed E-state index contributed by atoms with van der Waals surface area (Å²) in [6, 6.07) is 10.8. The maximum Gasteiger partial charge on any atom is 0.265 e. The average molecular weight is 351 g/mol. The van der Waals surface area contributed by atoms with Gasteiger partial charge in [0.25, 0.3) is 10.0 Å². The second kappa shape index (κ2) is 5.86. The van der Waals surface area contributed by atoms with Crippen molar-refractivity contribution in [2.24, 2.45) is 0 Å². The van der Waals surface area contributed by atoms with E-state index in [0.717, 1.165) is 18.1 Å². The number of carbonyl (C=O) groups excluding carboxylic acids is 1. The van der Waals surface area contributed by atoms with Crippen LogP contribution < -0.4 is 9.41 Å². The first-order valence-corrected chi connectivity index (χ1v) is 8.84. The van der Waals surface area contributed by atoms with Crippen molar-refractivity contribution in [3.8, 4) is 0 Å². The van der Waals surface area contributed by atoms with Crippen molar-refractivity contribution < 1.29 is 18.3 Å². The minimum atomic E-state index is -3.95. The molecule has 120 valence electrons. The molecule has 0 atom stereocenters. The van der Waals surface area contributed by atoms with Crippen molar-refractivity contribution in [3.63, 3.8) is 0 Å². The van der Waals surface area contributed by atoms with Crippen LogP contribution in [-0.2, 0) is 16.4 Å². The molecule has 1 aliphatic heterocycles. The third-order valence-electron chi connectivity index (χ3n) is 3.80. The number of aryl methyl sites for hydroxylation is 1. The number of para-hydroxylation sites is 1. The van der Waals surface area contributed by atoms with Gasteiger partial charge >= 0.3 is 0 Å². The molecular formula is C16H13ClNO4S-. The first-order chi connectivity index (χ1) is 10.9. The predicted molar refractivity (Wildman–Crippen MR) is 85.1 cm³/mol. The molecule has 7 heteroatoms. The van der Waals surface area contributed by atoms with E-state index in [9.17, 15) is 18.3 Å². The zero-order valence-corrected chi connectivity index (χ0v) is 13.6. The Balaban J connectivity index is 2.14. The Morgan fingerprint density at radius 3 is 2.65 bits per heavy atom. The largest absolute Gasteiger partial charge is 0.545 e. The van der Waals surface area contributed by atoms with Gasteiger partial charge in [0.2, 0.25) is 0 Å². The van der Waals surface area contributed by atoms with E-state index in [2.05, 4.69) is 0 Å². The van der Waals surface area contributed by atoms with E-state index in [-0.39, 0.29) is 15.5 Å².